The molecule has 0 aromatic rings. The highest BCUT2D eigenvalue weighted by molar-refractivity contribution is 5.08. The Morgan fingerprint density at radius 3 is 2.57 bits per heavy atom. The lowest BCUT2D eigenvalue weighted by molar-refractivity contribution is -0.838. The number of rotatable bonds is 2. The molecule has 0 aliphatic rings. The fourth-order valence-electron chi connectivity index (χ4n) is 0.186. The van der Waals surface area contributed by atoms with E-state index < -0.39 is 0 Å². The van der Waals surface area contributed by atoms with Crippen molar-refractivity contribution in [1.29, 1.82) is 0 Å². The molecule has 0 aliphatic heterocycles. The lowest BCUT2D eigenvalue weighted by Gasteiger charge is -1.80. The van der Waals surface area contributed by atoms with Crippen molar-refractivity contribution in [2.75, 3.05) is 0 Å². The van der Waals surface area contributed by atoms with Gasteiger partial charge in [-0.25, -0.2) is 5.21 Å². The van der Waals surface area contributed by atoms with Gasteiger partial charge in [0.15, 0.2) is 0 Å². The van der Waals surface area contributed by atoms with Gasteiger partial charge in [0.1, 0.15) is 6.20 Å². The molecule has 0 unspecified atom stereocenters. The van der Waals surface area contributed by atoms with Crippen LogP contribution in [0.4, 0.5) is 0 Å². The van der Waals surface area contributed by atoms with Crippen LogP contribution in [0, 0.1) is 0 Å². The molecule has 0 atom stereocenters. The fraction of sp³-hybridized carbons (Fsp3) is 0.200. The van der Waals surface area contributed by atoms with Gasteiger partial charge in [0.2, 0.25) is 0 Å². The maximum atomic E-state index is 8.12. The predicted octanol–water partition coefficient (Wildman–Crippen LogP) is 0.0288. The minimum Gasteiger partial charge on any atom is -0.216 e. The zero-order valence-corrected chi connectivity index (χ0v) is 4.39. The second-order valence-corrected chi connectivity index (χ2v) is 1.26. The summed E-state index contributed by atoms with van der Waals surface area (Å²) in [6.45, 7) is 5.34. The number of quaternary nitrogens is 1. The van der Waals surface area contributed by atoms with Gasteiger partial charge in [0, 0.05) is 5.57 Å². The molecule has 0 aromatic carbocycles. The maximum absolute atomic E-state index is 8.12. The number of hydrogen-bond donors (Lipinski definition) is 2. The maximum Gasteiger partial charge on any atom is 0.128 e. The first kappa shape index (κ1) is 6.40. The van der Waals surface area contributed by atoms with Crippen LogP contribution in [0.15, 0.2) is 24.4 Å². The molecule has 0 fully saturated rings. The van der Waals surface area contributed by atoms with Gasteiger partial charge in [-0.3, -0.25) is 0 Å². The molecule has 40 valence electrons. The summed E-state index contributed by atoms with van der Waals surface area (Å²) in [4.78, 5) is 0. The van der Waals surface area contributed by atoms with Gasteiger partial charge in [-0.05, 0) is 6.92 Å². The van der Waals surface area contributed by atoms with Crippen LogP contribution >= 0.6 is 0 Å². The standard InChI is InChI=1S/C5H9NO/c1-3-5(2)4-6-7/h3-4,6-7H,1H2,2H3/p+1/b5-4-. The Hall–Kier alpha value is -0.600. The van der Waals surface area contributed by atoms with E-state index in [0.717, 1.165) is 11.1 Å². The van der Waals surface area contributed by atoms with Crippen LogP contribution in [0.2, 0.25) is 0 Å². The van der Waals surface area contributed by atoms with Crippen LogP contribution in [0.5, 0.6) is 0 Å². The molecular weight excluding hydrogens is 90.1 g/mol. The van der Waals surface area contributed by atoms with Crippen molar-refractivity contribution in [2.45, 2.75) is 6.92 Å². The predicted molar refractivity (Wildman–Crippen MR) is 27.7 cm³/mol. The van der Waals surface area contributed by atoms with E-state index in [4.69, 9.17) is 5.21 Å². The first-order valence-electron chi connectivity index (χ1n) is 2.08. The van der Waals surface area contributed by atoms with Crippen molar-refractivity contribution in [1.82, 2.24) is 0 Å². The van der Waals surface area contributed by atoms with Crippen molar-refractivity contribution < 1.29 is 10.7 Å². The molecule has 0 saturated carbocycles. The molecule has 7 heavy (non-hydrogen) atoms. The highest BCUT2D eigenvalue weighted by Gasteiger charge is 1.76. The van der Waals surface area contributed by atoms with Crippen LogP contribution in [0.3, 0.4) is 0 Å². The number of hydrogen-bond acceptors (Lipinski definition) is 1. The summed E-state index contributed by atoms with van der Waals surface area (Å²) in [6.07, 6.45) is 3.25. The zero-order valence-electron chi connectivity index (χ0n) is 4.39. The third kappa shape index (κ3) is 3.22. The van der Waals surface area contributed by atoms with Gasteiger partial charge in [-0.1, -0.05) is 12.7 Å². The van der Waals surface area contributed by atoms with Gasteiger partial charge >= 0.3 is 0 Å². The Morgan fingerprint density at radius 2 is 2.43 bits per heavy atom. The molecule has 0 spiro atoms. The minimum atomic E-state index is 0.961. The molecule has 0 rings (SSSR count). The monoisotopic (exact) mass is 100 g/mol. The van der Waals surface area contributed by atoms with Crippen molar-refractivity contribution in [3.8, 4) is 0 Å². The Morgan fingerprint density at radius 1 is 1.86 bits per heavy atom. The highest BCUT2D eigenvalue weighted by Crippen LogP contribution is 1.84. The molecule has 0 bridgehead atoms. The Balaban J connectivity index is 3.49. The number of nitrogens with two attached hydrogens (primary N) is 1. The van der Waals surface area contributed by atoms with E-state index in [-0.39, 0.29) is 0 Å². The van der Waals surface area contributed by atoms with E-state index >= 15 is 0 Å². The molecule has 0 aromatic heterocycles. The highest BCUT2D eigenvalue weighted by atomic mass is 16.5. The molecule has 2 heteroatoms. The lowest BCUT2D eigenvalue weighted by atomic mass is 10.3. The normalized spacial score (nSPS) is 11.4. The van der Waals surface area contributed by atoms with Crippen molar-refractivity contribution >= 4 is 0 Å². The molecule has 0 radical (unpaired) electrons. The average Bonchev–Trinajstić information content (AvgIpc) is 1.68. The van der Waals surface area contributed by atoms with E-state index in [0.29, 0.717) is 0 Å². The molecule has 0 heterocycles. The Kier molecular flexibility index (Phi) is 3.28. The largest absolute Gasteiger partial charge is 0.216 e. The Labute approximate surface area is 43.1 Å². The van der Waals surface area contributed by atoms with E-state index in [2.05, 4.69) is 6.58 Å². The van der Waals surface area contributed by atoms with E-state index in [9.17, 15) is 0 Å². The van der Waals surface area contributed by atoms with Crippen LogP contribution in [-0.4, -0.2) is 5.21 Å². The van der Waals surface area contributed by atoms with Gasteiger partial charge < -0.3 is 0 Å². The van der Waals surface area contributed by atoms with Crippen LogP contribution < -0.4 is 5.48 Å². The van der Waals surface area contributed by atoms with Gasteiger partial charge in [0.25, 0.3) is 0 Å². The van der Waals surface area contributed by atoms with Crippen LogP contribution in [-0.2, 0) is 0 Å². The molecular formula is C5H10NO+. The summed E-state index contributed by atoms with van der Waals surface area (Å²) in [5, 5.41) is 8.12. The second-order valence-electron chi connectivity index (χ2n) is 1.26. The SMILES string of the molecule is C=C/C(C)=C\[NH2+]O. The first-order chi connectivity index (χ1) is 3.31. The summed E-state index contributed by atoms with van der Waals surface area (Å²) in [6, 6.07) is 0. The second kappa shape index (κ2) is 3.59. The van der Waals surface area contributed by atoms with Crippen LogP contribution in [0.25, 0.3) is 0 Å². The molecule has 0 aliphatic carbocycles. The summed E-state index contributed by atoms with van der Waals surface area (Å²) in [5.41, 5.74) is 1.96. The topological polar surface area (TPSA) is 36.8 Å². The fourth-order valence-corrected chi connectivity index (χ4v) is 0.186. The quantitative estimate of drug-likeness (QED) is 0.373. The third-order valence-electron chi connectivity index (χ3n) is 0.659. The Bertz CT molecular complexity index is 86.1. The first-order valence-corrected chi connectivity index (χ1v) is 2.08. The average molecular weight is 100 g/mol. The van der Waals surface area contributed by atoms with Crippen molar-refractivity contribution in [2.24, 2.45) is 0 Å². The van der Waals surface area contributed by atoms with Crippen LogP contribution in [0.1, 0.15) is 6.92 Å². The third-order valence-corrected chi connectivity index (χ3v) is 0.659. The summed E-state index contributed by atoms with van der Waals surface area (Å²) in [5.74, 6) is 0. The molecule has 3 N–H and O–H groups in total. The molecule has 0 amide bonds. The lowest BCUT2D eigenvalue weighted by Crippen LogP contribution is -2.73. The van der Waals surface area contributed by atoms with E-state index in [1.54, 1.807) is 12.3 Å². The summed E-state index contributed by atoms with van der Waals surface area (Å²) in [7, 11) is 0. The summed E-state index contributed by atoms with van der Waals surface area (Å²) >= 11 is 0. The van der Waals surface area contributed by atoms with Crippen molar-refractivity contribution in [3.63, 3.8) is 0 Å². The minimum absolute atomic E-state index is 0.961. The zero-order chi connectivity index (χ0) is 5.70. The van der Waals surface area contributed by atoms with E-state index in [1.165, 1.54) is 0 Å². The molecule has 2 nitrogen and oxygen atoms in total. The molecule has 0 saturated heterocycles. The smallest absolute Gasteiger partial charge is 0.128 e. The van der Waals surface area contributed by atoms with Gasteiger partial charge in [0.05, 0.1) is 0 Å². The van der Waals surface area contributed by atoms with Crippen molar-refractivity contribution in [3.05, 3.63) is 24.4 Å². The number of hydroxylamine groups is 1. The van der Waals surface area contributed by atoms with Gasteiger partial charge in [-0.15, -0.1) is 0 Å². The summed E-state index contributed by atoms with van der Waals surface area (Å²) < 4.78 is 0. The van der Waals surface area contributed by atoms with E-state index in [1.807, 2.05) is 6.92 Å². The number of allylic oxidation sites excluding steroid dienone is 2. The van der Waals surface area contributed by atoms with Gasteiger partial charge in [-0.2, -0.15) is 5.48 Å².